The third-order valence-corrected chi connectivity index (χ3v) is 5.36. The van der Waals surface area contributed by atoms with Crippen LogP contribution in [0.4, 0.5) is 5.00 Å². The minimum absolute atomic E-state index is 0.456. The van der Waals surface area contributed by atoms with Gasteiger partial charge in [-0.2, -0.15) is 0 Å². The lowest BCUT2D eigenvalue weighted by molar-refractivity contribution is 0.463. The van der Waals surface area contributed by atoms with Crippen LogP contribution in [0.2, 0.25) is 5.15 Å². The van der Waals surface area contributed by atoms with Gasteiger partial charge in [0.25, 0.3) is 0 Å². The van der Waals surface area contributed by atoms with Crippen LogP contribution in [-0.2, 0) is 6.54 Å². The monoisotopic (exact) mass is 377 g/mol. The summed E-state index contributed by atoms with van der Waals surface area (Å²) in [6, 6.07) is 8.53. The van der Waals surface area contributed by atoms with Crippen LogP contribution in [0.3, 0.4) is 0 Å². The Kier molecular flexibility index (Phi) is 6.53. The molecule has 0 saturated carbocycles. The minimum Gasteiger partial charge on any atom is -0.363 e. The molecule has 2 aromatic rings. The second-order valence-corrected chi connectivity index (χ2v) is 7.35. The highest BCUT2D eigenvalue weighted by Gasteiger charge is 2.20. The highest BCUT2D eigenvalue weighted by molar-refractivity contribution is 7.14. The van der Waals surface area contributed by atoms with E-state index in [1.165, 1.54) is 5.00 Å². The number of nitrogens with zero attached hydrogens (tertiary/aromatic N) is 3. The minimum atomic E-state index is 0.456. The summed E-state index contributed by atoms with van der Waals surface area (Å²) in [6.45, 7) is 5.68. The first-order chi connectivity index (χ1) is 12.2. The average molecular weight is 378 g/mol. The first kappa shape index (κ1) is 18.0. The highest BCUT2D eigenvalue weighted by Crippen LogP contribution is 2.24. The van der Waals surface area contributed by atoms with E-state index in [-0.39, 0.29) is 0 Å². The van der Waals surface area contributed by atoms with Gasteiger partial charge in [0.1, 0.15) is 5.15 Å². The Hall–Kier alpha value is -1.79. The SMILES string of the molecule is CCNC(=NCc1ccc(Cl)nc1)NC1CCN(c2cccs2)CC1. The van der Waals surface area contributed by atoms with Crippen LogP contribution in [0.25, 0.3) is 0 Å². The Morgan fingerprint density at radius 2 is 2.20 bits per heavy atom. The third kappa shape index (κ3) is 5.34. The second kappa shape index (κ2) is 9.06. The highest BCUT2D eigenvalue weighted by atomic mass is 35.5. The van der Waals surface area contributed by atoms with Gasteiger partial charge in [-0.15, -0.1) is 11.3 Å². The maximum atomic E-state index is 5.83. The van der Waals surface area contributed by atoms with Crippen LogP contribution >= 0.6 is 22.9 Å². The molecule has 0 bridgehead atoms. The molecule has 1 aliphatic rings. The molecular weight excluding hydrogens is 354 g/mol. The zero-order valence-electron chi connectivity index (χ0n) is 14.4. The van der Waals surface area contributed by atoms with Gasteiger partial charge in [0.05, 0.1) is 11.5 Å². The van der Waals surface area contributed by atoms with Gasteiger partial charge in [0.15, 0.2) is 5.96 Å². The van der Waals surface area contributed by atoms with E-state index in [1.807, 2.05) is 17.4 Å². The summed E-state index contributed by atoms with van der Waals surface area (Å²) in [4.78, 5) is 11.2. The van der Waals surface area contributed by atoms with Crippen molar-refractivity contribution in [3.05, 3.63) is 46.6 Å². The van der Waals surface area contributed by atoms with E-state index in [0.29, 0.717) is 17.7 Å². The maximum Gasteiger partial charge on any atom is 0.191 e. The number of pyridine rings is 1. The lowest BCUT2D eigenvalue weighted by atomic mass is 10.1. The fraction of sp³-hybridized carbons (Fsp3) is 0.444. The molecule has 1 aliphatic heterocycles. The fourth-order valence-corrected chi connectivity index (χ4v) is 3.77. The molecule has 0 unspecified atom stereocenters. The molecule has 0 aromatic carbocycles. The van der Waals surface area contributed by atoms with E-state index >= 15 is 0 Å². The number of halogens is 1. The van der Waals surface area contributed by atoms with Gasteiger partial charge >= 0.3 is 0 Å². The first-order valence-corrected chi connectivity index (χ1v) is 9.94. The molecule has 0 radical (unpaired) electrons. The van der Waals surface area contributed by atoms with Crippen molar-refractivity contribution in [2.45, 2.75) is 32.4 Å². The van der Waals surface area contributed by atoms with Crippen LogP contribution < -0.4 is 15.5 Å². The van der Waals surface area contributed by atoms with Crippen LogP contribution in [0.5, 0.6) is 0 Å². The number of aromatic nitrogens is 1. The van der Waals surface area contributed by atoms with Gasteiger partial charge in [0, 0.05) is 31.9 Å². The summed E-state index contributed by atoms with van der Waals surface area (Å²) in [6.07, 6.45) is 4.00. The zero-order chi connectivity index (χ0) is 17.5. The molecule has 5 nitrogen and oxygen atoms in total. The largest absolute Gasteiger partial charge is 0.363 e. The second-order valence-electron chi connectivity index (χ2n) is 6.04. The van der Waals surface area contributed by atoms with E-state index in [1.54, 1.807) is 12.3 Å². The molecule has 1 saturated heterocycles. The van der Waals surface area contributed by atoms with Crippen molar-refractivity contribution < 1.29 is 0 Å². The normalized spacial score (nSPS) is 16.1. The lowest BCUT2D eigenvalue weighted by Crippen LogP contribution is -2.48. The Balaban J connectivity index is 1.53. The van der Waals surface area contributed by atoms with Gasteiger partial charge < -0.3 is 15.5 Å². The summed E-state index contributed by atoms with van der Waals surface area (Å²) in [5.74, 6) is 0.868. The summed E-state index contributed by atoms with van der Waals surface area (Å²) in [5, 5.41) is 10.9. The van der Waals surface area contributed by atoms with Crippen molar-refractivity contribution in [3.63, 3.8) is 0 Å². The van der Waals surface area contributed by atoms with Gasteiger partial charge in [-0.25, -0.2) is 9.98 Å². The van der Waals surface area contributed by atoms with E-state index in [0.717, 1.165) is 44.0 Å². The predicted molar refractivity (Wildman–Crippen MR) is 107 cm³/mol. The Morgan fingerprint density at radius 1 is 1.36 bits per heavy atom. The zero-order valence-corrected chi connectivity index (χ0v) is 16.0. The molecule has 0 spiro atoms. The molecule has 0 aliphatic carbocycles. The van der Waals surface area contributed by atoms with Crippen molar-refractivity contribution in [2.75, 3.05) is 24.5 Å². The first-order valence-electron chi connectivity index (χ1n) is 8.68. The number of nitrogens with one attached hydrogen (secondary N) is 2. The Morgan fingerprint density at radius 3 is 2.84 bits per heavy atom. The van der Waals surface area contributed by atoms with E-state index in [9.17, 15) is 0 Å². The summed E-state index contributed by atoms with van der Waals surface area (Å²) in [7, 11) is 0. The Bertz CT molecular complexity index is 663. The molecular formula is C18H24ClN5S. The van der Waals surface area contributed by atoms with Gasteiger partial charge in [-0.1, -0.05) is 17.7 Å². The van der Waals surface area contributed by atoms with Gasteiger partial charge in [-0.05, 0) is 48.9 Å². The van der Waals surface area contributed by atoms with Crippen LogP contribution in [-0.4, -0.2) is 36.6 Å². The van der Waals surface area contributed by atoms with E-state index in [4.69, 9.17) is 11.6 Å². The fourth-order valence-electron chi connectivity index (χ4n) is 2.88. The number of thiophene rings is 1. The molecule has 1 fully saturated rings. The molecule has 7 heteroatoms. The quantitative estimate of drug-likeness (QED) is 0.475. The number of aliphatic imine (C=N–C) groups is 1. The molecule has 25 heavy (non-hydrogen) atoms. The van der Waals surface area contributed by atoms with Crippen molar-refractivity contribution in [1.82, 2.24) is 15.6 Å². The molecule has 0 atom stereocenters. The van der Waals surface area contributed by atoms with Crippen LogP contribution in [0.1, 0.15) is 25.3 Å². The number of guanidine groups is 1. The molecule has 134 valence electrons. The summed E-state index contributed by atoms with van der Waals surface area (Å²) in [5.41, 5.74) is 1.05. The number of hydrogen-bond donors (Lipinski definition) is 2. The van der Waals surface area contributed by atoms with Crippen LogP contribution in [0.15, 0.2) is 40.8 Å². The van der Waals surface area contributed by atoms with Gasteiger partial charge in [0.2, 0.25) is 0 Å². The standard InChI is InChI=1S/C18H24ClN5S/c1-2-20-18(22-13-14-5-6-16(19)21-12-14)23-15-7-9-24(10-8-15)17-4-3-11-25-17/h3-6,11-12,15H,2,7-10,13H2,1H3,(H2,20,22,23). The topological polar surface area (TPSA) is 52.6 Å². The summed E-state index contributed by atoms with van der Waals surface area (Å²) >= 11 is 7.64. The van der Waals surface area contributed by atoms with E-state index < -0.39 is 0 Å². The molecule has 2 aromatic heterocycles. The van der Waals surface area contributed by atoms with Crippen molar-refractivity contribution in [1.29, 1.82) is 0 Å². The number of rotatable bonds is 5. The number of hydrogen-bond acceptors (Lipinski definition) is 4. The lowest BCUT2D eigenvalue weighted by Gasteiger charge is -2.33. The molecule has 3 heterocycles. The van der Waals surface area contributed by atoms with Gasteiger partial charge in [-0.3, -0.25) is 0 Å². The number of anilines is 1. The van der Waals surface area contributed by atoms with Crippen molar-refractivity contribution in [3.8, 4) is 0 Å². The van der Waals surface area contributed by atoms with Crippen molar-refractivity contribution in [2.24, 2.45) is 4.99 Å². The molecule has 0 amide bonds. The third-order valence-electron chi connectivity index (χ3n) is 4.21. The van der Waals surface area contributed by atoms with Crippen LogP contribution in [0, 0.1) is 0 Å². The maximum absolute atomic E-state index is 5.83. The van der Waals surface area contributed by atoms with Crippen molar-refractivity contribution >= 4 is 33.9 Å². The van der Waals surface area contributed by atoms with E-state index in [2.05, 4.69) is 49.9 Å². The summed E-state index contributed by atoms with van der Waals surface area (Å²) < 4.78 is 0. The Labute approximate surface area is 158 Å². The number of piperidine rings is 1. The molecule has 3 rings (SSSR count). The smallest absolute Gasteiger partial charge is 0.191 e. The predicted octanol–water partition coefficient (Wildman–Crippen LogP) is 3.52. The molecule has 2 N–H and O–H groups in total. The average Bonchev–Trinajstić information content (AvgIpc) is 3.16.